The Morgan fingerprint density at radius 2 is 1.89 bits per heavy atom. The van der Waals surface area contributed by atoms with E-state index in [9.17, 15) is 9.59 Å². The summed E-state index contributed by atoms with van der Waals surface area (Å²) in [6, 6.07) is 6.84. The number of anilines is 2. The number of nitrogens with one attached hydrogen (secondary N) is 2. The molecule has 2 rings (SSSR count). The van der Waals surface area contributed by atoms with Gasteiger partial charge in [-0.25, -0.2) is 0 Å². The van der Waals surface area contributed by atoms with E-state index in [4.69, 9.17) is 4.52 Å². The van der Waals surface area contributed by atoms with Crippen molar-refractivity contribution < 1.29 is 14.1 Å². The maximum Gasteiger partial charge on any atom is 0.294 e. The van der Waals surface area contributed by atoms with Crippen molar-refractivity contribution in [2.75, 3.05) is 10.6 Å². The first-order valence-electron chi connectivity index (χ1n) is 5.66. The van der Waals surface area contributed by atoms with Gasteiger partial charge in [-0.2, -0.15) is 0 Å². The van der Waals surface area contributed by atoms with Gasteiger partial charge in [0, 0.05) is 23.9 Å². The van der Waals surface area contributed by atoms with Gasteiger partial charge in [0.1, 0.15) is 0 Å². The molecule has 0 saturated carbocycles. The summed E-state index contributed by atoms with van der Waals surface area (Å²) >= 11 is 0. The Balaban J connectivity index is 2.13. The van der Waals surface area contributed by atoms with E-state index in [0.717, 1.165) is 0 Å². The largest absolute Gasteiger partial charge is 0.351 e. The third-order valence-corrected chi connectivity index (χ3v) is 2.40. The van der Waals surface area contributed by atoms with Gasteiger partial charge in [-0.3, -0.25) is 9.59 Å². The molecule has 6 nitrogen and oxygen atoms in total. The fourth-order valence-corrected chi connectivity index (χ4v) is 1.58. The van der Waals surface area contributed by atoms with Crippen LogP contribution in [0.5, 0.6) is 0 Å². The normalized spacial score (nSPS) is 10.0. The molecule has 2 N–H and O–H groups in total. The number of amides is 2. The Kier molecular flexibility index (Phi) is 3.61. The highest BCUT2D eigenvalue weighted by Gasteiger charge is 2.14. The number of aromatic nitrogens is 1. The monoisotopic (exact) mass is 259 g/mol. The van der Waals surface area contributed by atoms with Crippen molar-refractivity contribution in [1.82, 2.24) is 5.16 Å². The molecule has 0 aliphatic rings. The molecule has 0 saturated heterocycles. The molecule has 0 aliphatic carbocycles. The van der Waals surface area contributed by atoms with Gasteiger partial charge in [0.05, 0.1) is 6.20 Å². The Morgan fingerprint density at radius 3 is 2.47 bits per heavy atom. The Morgan fingerprint density at radius 1 is 1.21 bits per heavy atom. The Bertz CT molecular complexity index is 619. The first-order valence-corrected chi connectivity index (χ1v) is 5.66. The Labute approximate surface area is 109 Å². The van der Waals surface area contributed by atoms with Crippen molar-refractivity contribution in [1.29, 1.82) is 0 Å². The fraction of sp³-hybridized carbons (Fsp3) is 0.154. The van der Waals surface area contributed by atoms with E-state index in [1.165, 1.54) is 13.1 Å². The number of carbonyl (C=O) groups is 2. The van der Waals surface area contributed by atoms with E-state index in [1.807, 2.05) is 0 Å². The average Bonchev–Trinajstić information content (AvgIpc) is 2.75. The Hall–Kier alpha value is -2.63. The van der Waals surface area contributed by atoms with E-state index in [0.29, 0.717) is 16.9 Å². The van der Waals surface area contributed by atoms with Gasteiger partial charge in [-0.1, -0.05) is 11.2 Å². The third kappa shape index (κ3) is 3.19. The van der Waals surface area contributed by atoms with Gasteiger partial charge >= 0.3 is 0 Å². The maximum atomic E-state index is 11.9. The van der Waals surface area contributed by atoms with Crippen LogP contribution in [0.3, 0.4) is 0 Å². The summed E-state index contributed by atoms with van der Waals surface area (Å²) in [5, 5.41) is 8.86. The summed E-state index contributed by atoms with van der Waals surface area (Å²) in [6.07, 6.45) is 1.47. The predicted octanol–water partition coefficient (Wildman–Crippen LogP) is 2.19. The van der Waals surface area contributed by atoms with Crippen LogP contribution in [0.4, 0.5) is 11.4 Å². The fourth-order valence-electron chi connectivity index (χ4n) is 1.58. The number of hydrogen-bond donors (Lipinski definition) is 2. The minimum atomic E-state index is -0.380. The van der Waals surface area contributed by atoms with Gasteiger partial charge in [-0.05, 0) is 25.1 Å². The van der Waals surface area contributed by atoms with Crippen LogP contribution in [-0.2, 0) is 4.79 Å². The van der Waals surface area contributed by atoms with E-state index in [2.05, 4.69) is 15.8 Å². The lowest BCUT2D eigenvalue weighted by molar-refractivity contribution is -0.114. The van der Waals surface area contributed by atoms with Crippen LogP contribution in [0, 0.1) is 6.92 Å². The predicted molar refractivity (Wildman–Crippen MR) is 69.9 cm³/mol. The van der Waals surface area contributed by atoms with E-state index >= 15 is 0 Å². The lowest BCUT2D eigenvalue weighted by atomic mass is 10.2. The van der Waals surface area contributed by atoms with Gasteiger partial charge in [0.15, 0.2) is 0 Å². The summed E-state index contributed by atoms with van der Waals surface area (Å²) in [7, 11) is 0. The highest BCUT2D eigenvalue weighted by molar-refractivity contribution is 6.03. The third-order valence-electron chi connectivity index (χ3n) is 2.40. The van der Waals surface area contributed by atoms with E-state index in [-0.39, 0.29) is 17.6 Å². The van der Waals surface area contributed by atoms with Crippen molar-refractivity contribution in [3.63, 3.8) is 0 Å². The van der Waals surface area contributed by atoms with Crippen molar-refractivity contribution in [3.8, 4) is 0 Å². The molecule has 0 aliphatic heterocycles. The molecule has 19 heavy (non-hydrogen) atoms. The highest BCUT2D eigenvalue weighted by Crippen LogP contribution is 2.16. The summed E-state index contributed by atoms with van der Waals surface area (Å²) in [5.74, 6) is -0.380. The zero-order chi connectivity index (χ0) is 13.8. The summed E-state index contributed by atoms with van der Waals surface area (Å²) in [5.41, 5.74) is 1.84. The zero-order valence-corrected chi connectivity index (χ0v) is 10.6. The molecule has 1 heterocycles. The number of carbonyl (C=O) groups excluding carboxylic acids is 2. The summed E-state index contributed by atoms with van der Waals surface area (Å²) in [6.45, 7) is 3.16. The van der Waals surface area contributed by atoms with Crippen LogP contribution in [0.25, 0.3) is 0 Å². The van der Waals surface area contributed by atoms with Crippen LogP contribution in [0.2, 0.25) is 0 Å². The number of aryl methyl sites for hydroxylation is 1. The first kappa shape index (κ1) is 12.8. The van der Waals surface area contributed by atoms with Gasteiger partial charge < -0.3 is 15.2 Å². The molecule has 2 amide bonds. The molecule has 0 fully saturated rings. The lowest BCUT2D eigenvalue weighted by Crippen LogP contribution is -2.12. The number of benzene rings is 1. The van der Waals surface area contributed by atoms with Crippen LogP contribution in [0.1, 0.15) is 23.0 Å². The van der Waals surface area contributed by atoms with E-state index < -0.39 is 0 Å². The molecule has 98 valence electrons. The van der Waals surface area contributed by atoms with E-state index in [1.54, 1.807) is 31.2 Å². The molecule has 6 heteroatoms. The summed E-state index contributed by atoms with van der Waals surface area (Å²) in [4.78, 5) is 22.9. The van der Waals surface area contributed by atoms with Gasteiger partial charge in [-0.15, -0.1) is 0 Å². The number of hydrogen-bond acceptors (Lipinski definition) is 4. The lowest BCUT2D eigenvalue weighted by Gasteiger charge is -2.06. The molecular weight excluding hydrogens is 246 g/mol. The highest BCUT2D eigenvalue weighted by atomic mass is 16.5. The first-order chi connectivity index (χ1) is 9.06. The van der Waals surface area contributed by atoms with Crippen molar-refractivity contribution >= 4 is 23.2 Å². The van der Waals surface area contributed by atoms with Crippen molar-refractivity contribution in [2.45, 2.75) is 13.8 Å². The van der Waals surface area contributed by atoms with Crippen LogP contribution >= 0.6 is 0 Å². The van der Waals surface area contributed by atoms with Gasteiger partial charge in [0.2, 0.25) is 11.7 Å². The van der Waals surface area contributed by atoms with Crippen molar-refractivity contribution in [2.24, 2.45) is 0 Å². The number of nitrogens with zero attached hydrogens (tertiary/aromatic N) is 1. The standard InChI is InChI=1S/C13H13N3O3/c1-8-7-14-19-12(8)13(18)16-11-5-3-4-10(6-11)15-9(2)17/h3-7H,1-2H3,(H,15,17)(H,16,18). The van der Waals surface area contributed by atoms with Gasteiger partial charge in [0.25, 0.3) is 5.91 Å². The topological polar surface area (TPSA) is 84.2 Å². The number of rotatable bonds is 3. The molecule has 0 bridgehead atoms. The molecule has 1 aromatic carbocycles. The summed E-state index contributed by atoms with van der Waals surface area (Å²) < 4.78 is 4.86. The molecule has 0 radical (unpaired) electrons. The second-order valence-corrected chi connectivity index (χ2v) is 4.05. The molecule has 0 unspecified atom stereocenters. The smallest absolute Gasteiger partial charge is 0.294 e. The van der Waals surface area contributed by atoms with Crippen LogP contribution < -0.4 is 10.6 Å². The molecule has 2 aromatic rings. The molecular formula is C13H13N3O3. The average molecular weight is 259 g/mol. The minimum absolute atomic E-state index is 0.171. The maximum absolute atomic E-state index is 11.9. The van der Waals surface area contributed by atoms with Crippen LogP contribution in [0.15, 0.2) is 35.0 Å². The molecule has 0 atom stereocenters. The molecule has 1 aromatic heterocycles. The molecule has 0 spiro atoms. The van der Waals surface area contributed by atoms with Crippen molar-refractivity contribution in [3.05, 3.63) is 41.8 Å². The quantitative estimate of drug-likeness (QED) is 0.884. The SMILES string of the molecule is CC(=O)Nc1cccc(NC(=O)c2oncc2C)c1. The zero-order valence-electron chi connectivity index (χ0n) is 10.6. The second-order valence-electron chi connectivity index (χ2n) is 4.05. The van der Waals surface area contributed by atoms with Crippen LogP contribution in [-0.4, -0.2) is 17.0 Å². The second kappa shape index (κ2) is 5.34. The minimum Gasteiger partial charge on any atom is -0.351 e.